The Kier molecular flexibility index (Phi) is 5.24. The fraction of sp³-hybridized carbons (Fsp3) is 0.600. The minimum absolute atomic E-state index is 0.0783. The Labute approximate surface area is 89.2 Å². The average molecular weight is 212 g/mol. The van der Waals surface area contributed by atoms with E-state index in [1.807, 2.05) is 0 Å². The first-order valence-corrected chi connectivity index (χ1v) is 4.75. The fourth-order valence-corrected chi connectivity index (χ4v) is 1.18. The molecule has 0 saturated carbocycles. The Balaban J connectivity index is 4.49. The molecular weight excluding hydrogens is 196 g/mol. The van der Waals surface area contributed by atoms with E-state index in [4.69, 9.17) is 11.5 Å². The van der Waals surface area contributed by atoms with Crippen LogP contribution in [0, 0.1) is 12.3 Å². The van der Waals surface area contributed by atoms with Crippen molar-refractivity contribution in [3.8, 4) is 12.3 Å². The van der Waals surface area contributed by atoms with Gasteiger partial charge in [0.25, 0.3) is 0 Å². The summed E-state index contributed by atoms with van der Waals surface area (Å²) in [7, 11) is 0. The van der Waals surface area contributed by atoms with Crippen molar-refractivity contribution in [2.24, 2.45) is 0 Å². The molecule has 0 spiro atoms. The summed E-state index contributed by atoms with van der Waals surface area (Å²) in [6.07, 6.45) is 5.60. The number of carboxylic acid groups (broad SMARTS) is 1. The number of terminal acetylenes is 1. The van der Waals surface area contributed by atoms with Crippen LogP contribution in [0.25, 0.3) is 0 Å². The van der Waals surface area contributed by atoms with Crippen molar-refractivity contribution in [2.75, 3.05) is 6.54 Å². The van der Waals surface area contributed by atoms with Crippen LogP contribution in [0.1, 0.15) is 26.7 Å². The minimum atomic E-state index is -1.21. The van der Waals surface area contributed by atoms with Crippen LogP contribution in [0.15, 0.2) is 0 Å². The van der Waals surface area contributed by atoms with Gasteiger partial charge in [-0.3, -0.25) is 0 Å². The molecule has 0 aliphatic heterocycles. The standard InChI is InChI=1S/C10H16N2O3/c1-4-7-11-9(15)12-10(5-2,6-3)8(13)14/h1H,5-7H2,2-3H3,(H,13,14)(H2,11,12,15). The molecule has 0 saturated heterocycles. The predicted octanol–water partition coefficient (Wildman–Crippen LogP) is 0.562. The van der Waals surface area contributed by atoms with E-state index in [2.05, 4.69) is 16.6 Å². The molecule has 0 aromatic heterocycles. The van der Waals surface area contributed by atoms with Gasteiger partial charge in [0.2, 0.25) is 0 Å². The molecule has 15 heavy (non-hydrogen) atoms. The van der Waals surface area contributed by atoms with Crippen molar-refractivity contribution in [1.29, 1.82) is 0 Å². The number of rotatable bonds is 5. The molecule has 0 aromatic carbocycles. The molecule has 3 N–H and O–H groups in total. The van der Waals surface area contributed by atoms with E-state index < -0.39 is 17.5 Å². The molecule has 0 aliphatic rings. The first-order valence-electron chi connectivity index (χ1n) is 4.75. The lowest BCUT2D eigenvalue weighted by Gasteiger charge is -2.27. The largest absolute Gasteiger partial charge is 0.480 e. The van der Waals surface area contributed by atoms with Gasteiger partial charge in [0.15, 0.2) is 0 Å². The van der Waals surface area contributed by atoms with Gasteiger partial charge in [0.1, 0.15) is 5.54 Å². The highest BCUT2D eigenvalue weighted by molar-refractivity contribution is 5.86. The van der Waals surface area contributed by atoms with E-state index in [9.17, 15) is 9.59 Å². The van der Waals surface area contributed by atoms with Gasteiger partial charge in [-0.1, -0.05) is 19.8 Å². The molecule has 5 nitrogen and oxygen atoms in total. The molecule has 5 heteroatoms. The Morgan fingerprint density at radius 3 is 2.27 bits per heavy atom. The third-order valence-electron chi connectivity index (χ3n) is 2.32. The number of amides is 2. The van der Waals surface area contributed by atoms with Crippen LogP contribution in [-0.2, 0) is 4.79 Å². The molecule has 0 atom stereocenters. The Morgan fingerprint density at radius 1 is 1.40 bits per heavy atom. The molecule has 84 valence electrons. The zero-order valence-electron chi connectivity index (χ0n) is 8.96. The zero-order valence-corrected chi connectivity index (χ0v) is 8.96. The summed E-state index contributed by atoms with van der Waals surface area (Å²) in [6, 6.07) is -0.556. The number of carboxylic acids is 1. The van der Waals surface area contributed by atoms with Crippen molar-refractivity contribution in [3.05, 3.63) is 0 Å². The molecule has 0 aromatic rings. The molecule has 0 radical (unpaired) electrons. The topological polar surface area (TPSA) is 78.4 Å². The van der Waals surface area contributed by atoms with Crippen LogP contribution in [0.5, 0.6) is 0 Å². The van der Waals surface area contributed by atoms with Crippen LogP contribution in [0.3, 0.4) is 0 Å². The average Bonchev–Trinajstić information content (AvgIpc) is 2.22. The number of nitrogens with one attached hydrogen (secondary N) is 2. The third kappa shape index (κ3) is 3.50. The predicted molar refractivity (Wildman–Crippen MR) is 56.3 cm³/mol. The maximum atomic E-state index is 11.3. The first kappa shape index (κ1) is 13.3. The summed E-state index contributed by atoms with van der Waals surface area (Å²) in [5.74, 6) is 1.19. The number of aliphatic carboxylic acids is 1. The molecule has 0 rings (SSSR count). The highest BCUT2D eigenvalue weighted by Crippen LogP contribution is 2.14. The van der Waals surface area contributed by atoms with Crippen molar-refractivity contribution < 1.29 is 14.7 Å². The SMILES string of the molecule is C#CCNC(=O)NC(CC)(CC)C(=O)O. The summed E-state index contributed by atoms with van der Waals surface area (Å²) in [5.41, 5.74) is -1.21. The summed E-state index contributed by atoms with van der Waals surface area (Å²) in [4.78, 5) is 22.3. The Morgan fingerprint density at radius 2 is 1.93 bits per heavy atom. The monoisotopic (exact) mass is 212 g/mol. The molecule has 2 amide bonds. The Bertz CT molecular complexity index is 277. The van der Waals surface area contributed by atoms with Crippen LogP contribution >= 0.6 is 0 Å². The summed E-state index contributed by atoms with van der Waals surface area (Å²) >= 11 is 0. The maximum absolute atomic E-state index is 11.3. The van der Waals surface area contributed by atoms with Crippen LogP contribution < -0.4 is 10.6 Å². The van der Waals surface area contributed by atoms with Crippen LogP contribution in [-0.4, -0.2) is 29.2 Å². The number of hydrogen-bond acceptors (Lipinski definition) is 2. The molecule has 0 unspecified atom stereocenters. The van der Waals surface area contributed by atoms with Crippen LogP contribution in [0.4, 0.5) is 4.79 Å². The first-order chi connectivity index (χ1) is 7.02. The van der Waals surface area contributed by atoms with Crippen molar-refractivity contribution in [3.63, 3.8) is 0 Å². The highest BCUT2D eigenvalue weighted by Gasteiger charge is 2.36. The number of carbonyl (C=O) groups is 2. The summed E-state index contributed by atoms with van der Waals surface area (Å²) < 4.78 is 0. The third-order valence-corrected chi connectivity index (χ3v) is 2.32. The summed E-state index contributed by atoms with van der Waals surface area (Å²) in [5, 5.41) is 13.8. The van der Waals surface area contributed by atoms with Crippen molar-refractivity contribution in [1.82, 2.24) is 10.6 Å². The van der Waals surface area contributed by atoms with Gasteiger partial charge in [-0.05, 0) is 12.8 Å². The van der Waals surface area contributed by atoms with E-state index in [0.29, 0.717) is 12.8 Å². The lowest BCUT2D eigenvalue weighted by molar-refractivity contribution is -0.144. The minimum Gasteiger partial charge on any atom is -0.480 e. The van der Waals surface area contributed by atoms with Gasteiger partial charge in [-0.25, -0.2) is 9.59 Å². The highest BCUT2D eigenvalue weighted by atomic mass is 16.4. The van der Waals surface area contributed by atoms with Crippen molar-refractivity contribution in [2.45, 2.75) is 32.2 Å². The van der Waals surface area contributed by atoms with E-state index in [1.54, 1.807) is 13.8 Å². The number of urea groups is 1. The lowest BCUT2D eigenvalue weighted by atomic mass is 9.93. The van der Waals surface area contributed by atoms with Gasteiger partial charge in [0.05, 0.1) is 6.54 Å². The van der Waals surface area contributed by atoms with E-state index >= 15 is 0 Å². The normalized spacial score (nSPS) is 10.2. The van der Waals surface area contributed by atoms with Gasteiger partial charge >= 0.3 is 12.0 Å². The fourth-order valence-electron chi connectivity index (χ4n) is 1.18. The van der Waals surface area contributed by atoms with Gasteiger partial charge in [-0.15, -0.1) is 6.42 Å². The number of hydrogen-bond donors (Lipinski definition) is 3. The second-order valence-electron chi connectivity index (χ2n) is 3.11. The van der Waals surface area contributed by atoms with Gasteiger partial charge in [0, 0.05) is 0 Å². The van der Waals surface area contributed by atoms with Gasteiger partial charge < -0.3 is 15.7 Å². The lowest BCUT2D eigenvalue weighted by Crippen LogP contribution is -2.56. The summed E-state index contributed by atoms with van der Waals surface area (Å²) in [6.45, 7) is 3.49. The zero-order chi connectivity index (χ0) is 11.9. The Hall–Kier alpha value is -1.70. The molecule has 0 heterocycles. The second-order valence-corrected chi connectivity index (χ2v) is 3.11. The quantitative estimate of drug-likeness (QED) is 0.583. The van der Waals surface area contributed by atoms with Crippen LogP contribution in [0.2, 0.25) is 0 Å². The molecule has 0 bridgehead atoms. The molecule has 0 fully saturated rings. The van der Waals surface area contributed by atoms with E-state index in [1.165, 1.54) is 0 Å². The van der Waals surface area contributed by atoms with E-state index in [0.717, 1.165) is 0 Å². The molecule has 0 aliphatic carbocycles. The second kappa shape index (κ2) is 5.91. The number of carbonyl (C=O) groups excluding carboxylic acids is 1. The maximum Gasteiger partial charge on any atom is 0.329 e. The van der Waals surface area contributed by atoms with Crippen molar-refractivity contribution >= 4 is 12.0 Å². The molecular formula is C10H16N2O3. The van der Waals surface area contributed by atoms with E-state index in [-0.39, 0.29) is 6.54 Å². The smallest absolute Gasteiger partial charge is 0.329 e. The van der Waals surface area contributed by atoms with Gasteiger partial charge in [-0.2, -0.15) is 0 Å².